The van der Waals surface area contributed by atoms with Gasteiger partial charge in [0.1, 0.15) is 5.75 Å². The third-order valence-corrected chi connectivity index (χ3v) is 1.46. The first-order valence-electron chi connectivity index (χ1n) is 3.84. The fourth-order valence-electron chi connectivity index (χ4n) is 0.802. The maximum Gasteiger partial charge on any atom is 0.429 e. The number of hydrogen-bond donors (Lipinski definition) is 1. The maximum atomic E-state index is 11.0. The first-order valence-corrected chi connectivity index (χ1v) is 3.84. The summed E-state index contributed by atoms with van der Waals surface area (Å²) in [6, 6.07) is 8.20. The molecule has 0 radical (unpaired) electrons. The molecule has 0 aliphatic carbocycles. The van der Waals surface area contributed by atoms with Gasteiger partial charge in [0.25, 0.3) is 0 Å². The Labute approximate surface area is 81.3 Å². The average molecular weight is 191 g/mol. The Morgan fingerprint density at radius 3 is 2.93 bits per heavy atom. The van der Waals surface area contributed by atoms with Crippen molar-refractivity contribution in [3.8, 4) is 11.8 Å². The number of ether oxygens (including phenoxy) is 1. The third-order valence-electron chi connectivity index (χ3n) is 1.46. The van der Waals surface area contributed by atoms with Gasteiger partial charge in [0, 0.05) is 7.05 Å². The van der Waals surface area contributed by atoms with Crippen molar-refractivity contribution in [2.45, 2.75) is 0 Å². The molecule has 1 amide bonds. The Balaban J connectivity index is 2.78. The Hall–Kier alpha value is -2.06. The summed E-state index contributed by atoms with van der Waals surface area (Å²) in [4.78, 5) is 11.0. The number of hydrazine groups is 1. The summed E-state index contributed by atoms with van der Waals surface area (Å²) in [6.45, 7) is 0. The van der Waals surface area contributed by atoms with Gasteiger partial charge in [-0.15, -0.1) is 0 Å². The molecular formula is C9H9N3O2. The summed E-state index contributed by atoms with van der Waals surface area (Å²) in [5.74, 6) is 5.45. The van der Waals surface area contributed by atoms with E-state index in [2.05, 4.69) is 0 Å². The fourth-order valence-corrected chi connectivity index (χ4v) is 0.802. The van der Waals surface area contributed by atoms with Gasteiger partial charge in [0.2, 0.25) is 0 Å². The van der Waals surface area contributed by atoms with Crippen molar-refractivity contribution < 1.29 is 9.53 Å². The standard InChI is InChI=1S/C9H9N3O2/c1-12(11)9(13)14-8-4-2-3-7(5-8)6-10/h2-5H,11H2,1H3. The van der Waals surface area contributed by atoms with E-state index in [0.717, 1.165) is 5.01 Å². The van der Waals surface area contributed by atoms with Crippen LogP contribution < -0.4 is 10.6 Å². The molecule has 1 aromatic rings. The van der Waals surface area contributed by atoms with Crippen molar-refractivity contribution >= 4 is 6.09 Å². The molecule has 0 heterocycles. The first-order chi connectivity index (χ1) is 6.63. The summed E-state index contributed by atoms with van der Waals surface area (Å²) < 4.78 is 4.83. The summed E-state index contributed by atoms with van der Waals surface area (Å²) in [6.07, 6.45) is -0.680. The van der Waals surface area contributed by atoms with Gasteiger partial charge in [0.15, 0.2) is 0 Å². The van der Waals surface area contributed by atoms with Crippen LogP contribution >= 0.6 is 0 Å². The molecule has 0 spiro atoms. The highest BCUT2D eigenvalue weighted by atomic mass is 16.6. The van der Waals surface area contributed by atoms with Gasteiger partial charge in [-0.3, -0.25) is 0 Å². The van der Waals surface area contributed by atoms with Crippen molar-refractivity contribution in [1.29, 1.82) is 5.26 Å². The number of carbonyl (C=O) groups is 1. The predicted octanol–water partition coefficient (Wildman–Crippen LogP) is 0.863. The molecule has 0 aromatic heterocycles. The summed E-state index contributed by atoms with van der Waals surface area (Å²) >= 11 is 0. The Morgan fingerprint density at radius 1 is 1.64 bits per heavy atom. The molecule has 0 saturated heterocycles. The highest BCUT2D eigenvalue weighted by molar-refractivity contribution is 5.69. The minimum atomic E-state index is -0.680. The smallest absolute Gasteiger partial charge is 0.409 e. The Bertz CT molecular complexity index is 382. The van der Waals surface area contributed by atoms with Gasteiger partial charge in [-0.25, -0.2) is 15.6 Å². The molecule has 2 N–H and O–H groups in total. The molecule has 5 nitrogen and oxygen atoms in total. The van der Waals surface area contributed by atoms with Gasteiger partial charge in [-0.1, -0.05) is 6.07 Å². The highest BCUT2D eigenvalue weighted by Crippen LogP contribution is 2.12. The summed E-state index contributed by atoms with van der Waals surface area (Å²) in [7, 11) is 1.37. The lowest BCUT2D eigenvalue weighted by molar-refractivity contribution is 0.163. The van der Waals surface area contributed by atoms with Gasteiger partial charge in [-0.2, -0.15) is 5.26 Å². The minimum Gasteiger partial charge on any atom is -0.409 e. The zero-order chi connectivity index (χ0) is 10.6. The number of carbonyl (C=O) groups excluding carboxylic acids is 1. The van der Waals surface area contributed by atoms with E-state index < -0.39 is 6.09 Å². The fraction of sp³-hybridized carbons (Fsp3) is 0.111. The second-order valence-corrected chi connectivity index (χ2v) is 2.62. The van der Waals surface area contributed by atoms with Crippen LogP contribution in [-0.4, -0.2) is 18.1 Å². The molecule has 0 unspecified atom stereocenters. The zero-order valence-electron chi connectivity index (χ0n) is 7.60. The predicted molar refractivity (Wildman–Crippen MR) is 49.1 cm³/mol. The topological polar surface area (TPSA) is 79.3 Å². The quantitative estimate of drug-likeness (QED) is 0.405. The monoisotopic (exact) mass is 191 g/mol. The van der Waals surface area contributed by atoms with Gasteiger partial charge >= 0.3 is 6.09 Å². The van der Waals surface area contributed by atoms with Crippen molar-refractivity contribution in [2.24, 2.45) is 5.84 Å². The lowest BCUT2D eigenvalue weighted by Crippen LogP contribution is -2.35. The number of nitrogens with zero attached hydrogens (tertiary/aromatic N) is 2. The van der Waals surface area contributed by atoms with Gasteiger partial charge in [-0.05, 0) is 18.2 Å². The number of rotatable bonds is 1. The van der Waals surface area contributed by atoms with Crippen LogP contribution in [0.2, 0.25) is 0 Å². The zero-order valence-corrected chi connectivity index (χ0v) is 7.60. The van der Waals surface area contributed by atoms with E-state index in [1.165, 1.54) is 13.1 Å². The molecule has 0 aliphatic heterocycles. The number of nitriles is 1. The van der Waals surface area contributed by atoms with E-state index in [1.807, 2.05) is 6.07 Å². The van der Waals surface area contributed by atoms with Crippen LogP contribution in [0.25, 0.3) is 0 Å². The van der Waals surface area contributed by atoms with Crippen LogP contribution in [0.1, 0.15) is 5.56 Å². The molecule has 0 atom stereocenters. The van der Waals surface area contributed by atoms with Crippen molar-refractivity contribution in [3.63, 3.8) is 0 Å². The molecule has 1 aromatic carbocycles. The second-order valence-electron chi connectivity index (χ2n) is 2.62. The van der Waals surface area contributed by atoms with Crippen molar-refractivity contribution in [3.05, 3.63) is 29.8 Å². The lowest BCUT2D eigenvalue weighted by atomic mass is 10.2. The van der Waals surface area contributed by atoms with Crippen molar-refractivity contribution in [1.82, 2.24) is 5.01 Å². The van der Waals surface area contributed by atoms with E-state index >= 15 is 0 Å². The molecule has 1 rings (SSSR count). The van der Waals surface area contributed by atoms with Crippen LogP contribution in [-0.2, 0) is 0 Å². The van der Waals surface area contributed by atoms with Gasteiger partial charge < -0.3 is 4.74 Å². The molecule has 5 heteroatoms. The normalized spacial score (nSPS) is 8.93. The van der Waals surface area contributed by atoms with Crippen LogP contribution in [0.15, 0.2) is 24.3 Å². The summed E-state index contributed by atoms with van der Waals surface area (Å²) in [5, 5.41) is 9.40. The molecule has 0 fully saturated rings. The molecule has 0 bridgehead atoms. The molecular weight excluding hydrogens is 182 g/mol. The lowest BCUT2D eigenvalue weighted by Gasteiger charge is -2.09. The maximum absolute atomic E-state index is 11.0. The molecule has 72 valence electrons. The number of nitrogens with two attached hydrogens (primary N) is 1. The highest BCUT2D eigenvalue weighted by Gasteiger charge is 2.06. The molecule has 0 saturated carbocycles. The van der Waals surface area contributed by atoms with E-state index in [4.69, 9.17) is 15.8 Å². The first kappa shape index (κ1) is 10.0. The Morgan fingerprint density at radius 2 is 2.36 bits per heavy atom. The number of hydrogen-bond acceptors (Lipinski definition) is 4. The minimum absolute atomic E-state index is 0.298. The molecule has 14 heavy (non-hydrogen) atoms. The van der Waals surface area contributed by atoms with Crippen LogP contribution in [0, 0.1) is 11.3 Å². The second kappa shape index (κ2) is 4.25. The summed E-state index contributed by atoms with van der Waals surface area (Å²) in [5.41, 5.74) is 0.426. The Kier molecular flexibility index (Phi) is 3.05. The number of amides is 1. The van der Waals surface area contributed by atoms with E-state index in [1.54, 1.807) is 18.2 Å². The van der Waals surface area contributed by atoms with E-state index in [0.29, 0.717) is 11.3 Å². The SMILES string of the molecule is CN(N)C(=O)Oc1cccc(C#N)c1. The van der Waals surface area contributed by atoms with Gasteiger partial charge in [0.05, 0.1) is 11.6 Å². The van der Waals surface area contributed by atoms with E-state index in [9.17, 15) is 4.79 Å². The van der Waals surface area contributed by atoms with E-state index in [-0.39, 0.29) is 0 Å². The third kappa shape index (κ3) is 2.47. The van der Waals surface area contributed by atoms with Crippen LogP contribution in [0.4, 0.5) is 4.79 Å². The largest absolute Gasteiger partial charge is 0.429 e. The average Bonchev–Trinajstić information content (AvgIpc) is 2.18. The van der Waals surface area contributed by atoms with Crippen molar-refractivity contribution in [2.75, 3.05) is 7.05 Å². The van der Waals surface area contributed by atoms with Crippen LogP contribution in [0.5, 0.6) is 5.75 Å². The van der Waals surface area contributed by atoms with Crippen LogP contribution in [0.3, 0.4) is 0 Å². The number of benzene rings is 1. The molecule has 0 aliphatic rings.